The molecule has 0 radical (unpaired) electrons. The first-order valence-electron chi connectivity index (χ1n) is 12.6. The summed E-state index contributed by atoms with van der Waals surface area (Å²) in [5, 5.41) is 0.971. The van der Waals surface area contributed by atoms with E-state index in [-0.39, 0.29) is 0 Å². The van der Waals surface area contributed by atoms with Crippen molar-refractivity contribution in [3.8, 4) is 11.5 Å². The summed E-state index contributed by atoms with van der Waals surface area (Å²) in [6.07, 6.45) is 5.45. The number of fused-ring (bicyclic) bond motifs is 1. The smallest absolute Gasteiger partial charge is 0.341 e. The number of nitrogens with zero attached hydrogens (tertiary/aromatic N) is 2. The SMILES string of the molecule is COC(=O)c1ccc(N2CCN(CC3=C(Br)CC(C)(C)CC3)CC2)cc1Oc1cccc2[nH]ccc12. The summed E-state index contributed by atoms with van der Waals surface area (Å²) in [4.78, 5) is 20.6. The first kappa shape index (κ1) is 24.9. The molecule has 1 N–H and O–H groups in total. The van der Waals surface area contributed by atoms with E-state index in [4.69, 9.17) is 9.47 Å². The average molecular weight is 553 g/mol. The third-order valence-corrected chi connectivity index (χ3v) is 8.26. The number of carbonyl (C=O) groups excluding carboxylic acids is 1. The minimum Gasteiger partial charge on any atom is -0.465 e. The Hall–Kier alpha value is -2.77. The molecule has 3 aromatic rings. The maximum Gasteiger partial charge on any atom is 0.341 e. The number of aromatic nitrogens is 1. The highest BCUT2D eigenvalue weighted by molar-refractivity contribution is 9.11. The van der Waals surface area contributed by atoms with E-state index in [1.165, 1.54) is 24.4 Å². The summed E-state index contributed by atoms with van der Waals surface area (Å²) in [7, 11) is 1.40. The number of rotatable bonds is 6. The van der Waals surface area contributed by atoms with Crippen LogP contribution in [0.25, 0.3) is 10.9 Å². The predicted octanol–water partition coefficient (Wildman–Crippen LogP) is 6.73. The second-order valence-electron chi connectivity index (χ2n) is 10.6. The Bertz CT molecular complexity index is 1290. The molecule has 1 saturated heterocycles. The molecule has 2 aromatic carbocycles. The molecule has 5 rings (SSSR count). The summed E-state index contributed by atoms with van der Waals surface area (Å²) >= 11 is 3.87. The fourth-order valence-electron chi connectivity index (χ4n) is 5.19. The fraction of sp³-hybridized carbons (Fsp3) is 0.414. The lowest BCUT2D eigenvalue weighted by Crippen LogP contribution is -2.47. The van der Waals surface area contributed by atoms with Gasteiger partial charge in [0, 0.05) is 61.6 Å². The maximum atomic E-state index is 12.5. The van der Waals surface area contributed by atoms with Crippen molar-refractivity contribution in [2.45, 2.75) is 33.1 Å². The molecule has 0 atom stereocenters. The average Bonchev–Trinajstić information content (AvgIpc) is 3.35. The van der Waals surface area contributed by atoms with Gasteiger partial charge < -0.3 is 19.4 Å². The van der Waals surface area contributed by atoms with Gasteiger partial charge in [-0.2, -0.15) is 0 Å². The highest BCUT2D eigenvalue weighted by Gasteiger charge is 2.28. The second-order valence-corrected chi connectivity index (χ2v) is 11.5. The highest BCUT2D eigenvalue weighted by Crippen LogP contribution is 2.41. The molecule has 2 heterocycles. The summed E-state index contributed by atoms with van der Waals surface area (Å²) in [5.41, 5.74) is 4.41. The number of nitrogens with one attached hydrogen (secondary N) is 1. The lowest BCUT2D eigenvalue weighted by Gasteiger charge is -2.38. The summed E-state index contributed by atoms with van der Waals surface area (Å²) in [5.74, 6) is 0.807. The normalized spacial score (nSPS) is 18.5. The number of carbonyl (C=O) groups is 1. The van der Waals surface area contributed by atoms with Crippen LogP contribution in [0.3, 0.4) is 0 Å². The number of hydrogen-bond acceptors (Lipinski definition) is 5. The highest BCUT2D eigenvalue weighted by atomic mass is 79.9. The molecule has 1 aliphatic heterocycles. The third-order valence-electron chi connectivity index (χ3n) is 7.42. The van der Waals surface area contributed by atoms with Crippen LogP contribution in [0.1, 0.15) is 43.5 Å². The second kappa shape index (κ2) is 10.3. The zero-order valence-electron chi connectivity index (χ0n) is 21.3. The lowest BCUT2D eigenvalue weighted by molar-refractivity contribution is 0.0598. The Balaban J connectivity index is 1.31. The number of anilines is 1. The molecule has 190 valence electrons. The Morgan fingerprint density at radius 3 is 2.64 bits per heavy atom. The van der Waals surface area contributed by atoms with Crippen LogP contribution in [-0.4, -0.2) is 55.7 Å². The van der Waals surface area contributed by atoms with Crippen LogP contribution in [0.5, 0.6) is 11.5 Å². The zero-order chi connectivity index (χ0) is 25.3. The van der Waals surface area contributed by atoms with E-state index in [1.54, 1.807) is 5.57 Å². The molecule has 1 aromatic heterocycles. The molecule has 6 nitrogen and oxygen atoms in total. The molecule has 2 aliphatic rings. The fourth-order valence-corrected chi connectivity index (χ4v) is 6.27. The number of H-pyrrole nitrogens is 1. The van der Waals surface area contributed by atoms with Crippen LogP contribution in [0, 0.1) is 5.41 Å². The zero-order valence-corrected chi connectivity index (χ0v) is 22.9. The molecule has 0 spiro atoms. The van der Waals surface area contributed by atoms with Crippen molar-refractivity contribution in [2.75, 3.05) is 44.7 Å². The summed E-state index contributed by atoms with van der Waals surface area (Å²) in [6, 6.07) is 13.6. The lowest BCUT2D eigenvalue weighted by atomic mass is 9.78. The number of ether oxygens (including phenoxy) is 2. The van der Waals surface area contributed by atoms with Crippen molar-refractivity contribution < 1.29 is 14.3 Å². The van der Waals surface area contributed by atoms with E-state index in [2.05, 4.69) is 44.6 Å². The predicted molar refractivity (Wildman–Crippen MR) is 148 cm³/mol. The molecule has 1 fully saturated rings. The van der Waals surface area contributed by atoms with E-state index >= 15 is 0 Å². The molecular weight excluding hydrogens is 518 g/mol. The number of esters is 1. The molecule has 36 heavy (non-hydrogen) atoms. The minimum atomic E-state index is -0.405. The van der Waals surface area contributed by atoms with Gasteiger partial charge in [0.1, 0.15) is 17.1 Å². The number of halogens is 1. The van der Waals surface area contributed by atoms with Crippen LogP contribution in [0.15, 0.2) is 58.7 Å². The molecule has 0 bridgehead atoms. The first-order valence-corrected chi connectivity index (χ1v) is 13.4. The van der Waals surface area contributed by atoms with Gasteiger partial charge in [-0.3, -0.25) is 4.90 Å². The van der Waals surface area contributed by atoms with Crippen LogP contribution in [0.2, 0.25) is 0 Å². The topological polar surface area (TPSA) is 57.8 Å². The van der Waals surface area contributed by atoms with Crippen LogP contribution in [-0.2, 0) is 4.74 Å². The standard InChI is InChI=1S/C29H34BrN3O3/c1-29(2)11-9-20(24(30)18-29)19-32-13-15-33(16-14-32)21-7-8-23(28(34)35-3)27(17-21)36-26-6-4-5-25-22(26)10-12-31-25/h4-8,10,12,17,31H,9,11,13-16,18-19H2,1-3H3. The Labute approximate surface area is 221 Å². The van der Waals surface area contributed by atoms with Crippen LogP contribution < -0.4 is 9.64 Å². The van der Waals surface area contributed by atoms with Gasteiger partial charge in [-0.25, -0.2) is 4.79 Å². The van der Waals surface area contributed by atoms with Crippen molar-refractivity contribution in [2.24, 2.45) is 5.41 Å². The van der Waals surface area contributed by atoms with Crippen LogP contribution in [0.4, 0.5) is 5.69 Å². The van der Waals surface area contributed by atoms with Crippen molar-refractivity contribution in [1.29, 1.82) is 0 Å². The Kier molecular flexibility index (Phi) is 7.13. The van der Waals surface area contributed by atoms with Crippen molar-refractivity contribution >= 4 is 38.5 Å². The number of piperazine rings is 1. The number of aromatic amines is 1. The van der Waals surface area contributed by atoms with Crippen molar-refractivity contribution in [3.63, 3.8) is 0 Å². The van der Waals surface area contributed by atoms with Gasteiger partial charge in [0.2, 0.25) is 0 Å². The molecule has 0 unspecified atom stereocenters. The molecule has 7 heteroatoms. The van der Waals surface area contributed by atoms with Crippen molar-refractivity contribution in [3.05, 3.63) is 64.3 Å². The van der Waals surface area contributed by atoms with Gasteiger partial charge in [-0.15, -0.1) is 0 Å². The number of allylic oxidation sites excluding steroid dienone is 1. The van der Waals surface area contributed by atoms with Gasteiger partial charge in [0.15, 0.2) is 0 Å². The summed E-state index contributed by atoms with van der Waals surface area (Å²) in [6.45, 7) is 9.62. The van der Waals surface area contributed by atoms with Gasteiger partial charge in [0.05, 0.1) is 7.11 Å². The summed E-state index contributed by atoms with van der Waals surface area (Å²) < 4.78 is 12.7. The maximum absolute atomic E-state index is 12.5. The van der Waals surface area contributed by atoms with E-state index in [1.807, 2.05) is 48.7 Å². The van der Waals surface area contributed by atoms with Crippen LogP contribution >= 0.6 is 15.9 Å². The Morgan fingerprint density at radius 1 is 1.08 bits per heavy atom. The molecule has 0 saturated carbocycles. The van der Waals surface area contributed by atoms with Gasteiger partial charge in [0.25, 0.3) is 0 Å². The monoisotopic (exact) mass is 551 g/mol. The minimum absolute atomic E-state index is 0.393. The third kappa shape index (κ3) is 5.32. The van der Waals surface area contributed by atoms with Crippen molar-refractivity contribution in [1.82, 2.24) is 9.88 Å². The quantitative estimate of drug-likeness (QED) is 0.344. The van der Waals surface area contributed by atoms with E-state index < -0.39 is 5.97 Å². The van der Waals surface area contributed by atoms with Gasteiger partial charge in [-0.1, -0.05) is 35.8 Å². The number of hydrogen-bond donors (Lipinski definition) is 1. The van der Waals surface area contributed by atoms with E-state index in [0.29, 0.717) is 22.5 Å². The van der Waals surface area contributed by atoms with E-state index in [0.717, 1.165) is 55.7 Å². The molecule has 1 aliphatic carbocycles. The number of benzene rings is 2. The number of methoxy groups -OCH3 is 1. The van der Waals surface area contributed by atoms with Gasteiger partial charge >= 0.3 is 5.97 Å². The van der Waals surface area contributed by atoms with Gasteiger partial charge in [-0.05, 0) is 65.1 Å². The molecule has 0 amide bonds. The van der Waals surface area contributed by atoms with E-state index in [9.17, 15) is 4.79 Å². The molecular formula is C29H34BrN3O3. The first-order chi connectivity index (χ1) is 17.3. The Morgan fingerprint density at radius 2 is 1.89 bits per heavy atom. The largest absolute Gasteiger partial charge is 0.465 e.